The van der Waals surface area contributed by atoms with Gasteiger partial charge in [-0.1, -0.05) is 27.5 Å². The molecule has 0 fully saturated rings. The Morgan fingerprint density at radius 2 is 2.19 bits per heavy atom. The van der Waals surface area contributed by atoms with Crippen LogP contribution < -0.4 is 10.5 Å². The van der Waals surface area contributed by atoms with Crippen molar-refractivity contribution in [1.29, 1.82) is 0 Å². The first-order valence-corrected chi connectivity index (χ1v) is 5.46. The summed E-state index contributed by atoms with van der Waals surface area (Å²) in [5.74, 6) is 0.152. The highest BCUT2D eigenvalue weighted by atomic mass is 79.9. The van der Waals surface area contributed by atoms with E-state index in [1.54, 1.807) is 12.1 Å². The molecular weight excluding hydrogens is 295 g/mol. The zero-order valence-corrected chi connectivity index (χ0v) is 10.2. The van der Waals surface area contributed by atoms with Crippen LogP contribution in [-0.4, -0.2) is 11.1 Å². The van der Waals surface area contributed by atoms with Crippen LogP contribution in [0.4, 0.5) is 4.79 Å². The predicted octanol–water partition coefficient (Wildman–Crippen LogP) is 3.11. The molecule has 0 aliphatic rings. The lowest BCUT2D eigenvalue weighted by Gasteiger charge is -2.06. The number of fused-ring (bicyclic) bond motifs is 1. The quantitative estimate of drug-likeness (QED) is 0.880. The minimum absolute atomic E-state index is 0.152. The van der Waals surface area contributed by atoms with Crippen LogP contribution >= 0.6 is 27.5 Å². The summed E-state index contributed by atoms with van der Waals surface area (Å²) in [5, 5.41) is 1.85. The van der Waals surface area contributed by atoms with Crippen LogP contribution in [0.5, 0.6) is 5.88 Å². The second-order valence-corrected chi connectivity index (χ2v) is 4.35. The van der Waals surface area contributed by atoms with Gasteiger partial charge in [0.05, 0.1) is 11.2 Å². The largest absolute Gasteiger partial charge is 0.411 e. The summed E-state index contributed by atoms with van der Waals surface area (Å²) in [7, 11) is 0. The second-order valence-electron chi connectivity index (χ2n) is 3.02. The molecule has 4 nitrogen and oxygen atoms in total. The van der Waals surface area contributed by atoms with Crippen molar-refractivity contribution in [1.82, 2.24) is 4.98 Å². The second kappa shape index (κ2) is 4.27. The minimum atomic E-state index is -0.904. The molecule has 0 aliphatic carbocycles. The van der Waals surface area contributed by atoms with Gasteiger partial charge in [-0.05, 0) is 18.2 Å². The number of ether oxygens (including phenoxy) is 1. The Labute approximate surface area is 104 Å². The number of amides is 1. The van der Waals surface area contributed by atoms with Gasteiger partial charge in [0.15, 0.2) is 0 Å². The molecule has 0 bridgehead atoms. The van der Waals surface area contributed by atoms with E-state index >= 15 is 0 Å². The number of rotatable bonds is 1. The summed E-state index contributed by atoms with van der Waals surface area (Å²) in [5.41, 5.74) is 4.94. The van der Waals surface area contributed by atoms with E-state index in [2.05, 4.69) is 20.9 Å². The molecule has 0 saturated carbocycles. The predicted molar refractivity (Wildman–Crippen MR) is 64.7 cm³/mol. The molecule has 1 amide bonds. The topological polar surface area (TPSA) is 65.2 Å². The van der Waals surface area contributed by atoms with Crippen LogP contribution in [-0.2, 0) is 0 Å². The van der Waals surface area contributed by atoms with Crippen molar-refractivity contribution in [3.05, 3.63) is 33.9 Å². The number of nitrogens with zero attached hydrogens (tertiary/aromatic N) is 1. The van der Waals surface area contributed by atoms with Gasteiger partial charge in [0.25, 0.3) is 0 Å². The van der Waals surface area contributed by atoms with Gasteiger partial charge in [-0.2, -0.15) is 0 Å². The lowest BCUT2D eigenvalue weighted by Crippen LogP contribution is -2.17. The highest BCUT2D eigenvalue weighted by molar-refractivity contribution is 9.10. The number of primary amides is 1. The van der Waals surface area contributed by atoms with Gasteiger partial charge in [0, 0.05) is 15.2 Å². The highest BCUT2D eigenvalue weighted by Crippen LogP contribution is 2.31. The normalized spacial score (nSPS) is 10.4. The van der Waals surface area contributed by atoms with Crippen molar-refractivity contribution >= 4 is 44.4 Å². The van der Waals surface area contributed by atoms with Gasteiger partial charge in [-0.15, -0.1) is 0 Å². The molecule has 82 valence electrons. The molecular formula is C10H6BrClN2O2. The smallest absolute Gasteiger partial charge is 0.391 e. The molecule has 0 saturated heterocycles. The van der Waals surface area contributed by atoms with Crippen LogP contribution in [0, 0.1) is 0 Å². The Bertz CT molecular complexity index is 574. The highest BCUT2D eigenvalue weighted by Gasteiger charge is 2.09. The van der Waals surface area contributed by atoms with Crippen LogP contribution in [0.1, 0.15) is 0 Å². The van der Waals surface area contributed by atoms with Gasteiger partial charge in [0.1, 0.15) is 0 Å². The summed E-state index contributed by atoms with van der Waals surface area (Å²) in [6, 6.07) is 5.36. The van der Waals surface area contributed by atoms with Gasteiger partial charge in [-0.3, -0.25) is 0 Å². The van der Waals surface area contributed by atoms with Crippen LogP contribution in [0.2, 0.25) is 5.02 Å². The first-order chi connectivity index (χ1) is 7.58. The van der Waals surface area contributed by atoms with Gasteiger partial charge < -0.3 is 10.5 Å². The third kappa shape index (κ3) is 2.10. The first-order valence-electron chi connectivity index (χ1n) is 4.29. The van der Waals surface area contributed by atoms with E-state index in [0.717, 1.165) is 9.86 Å². The lowest BCUT2D eigenvalue weighted by molar-refractivity contribution is 0.209. The number of halogens is 2. The van der Waals surface area contributed by atoms with Crippen LogP contribution in [0.3, 0.4) is 0 Å². The molecule has 1 heterocycles. The molecule has 0 aliphatic heterocycles. The number of hydrogen-bond acceptors (Lipinski definition) is 3. The van der Waals surface area contributed by atoms with E-state index in [4.69, 9.17) is 22.1 Å². The van der Waals surface area contributed by atoms with E-state index in [0.29, 0.717) is 10.4 Å². The number of carbonyl (C=O) groups is 1. The van der Waals surface area contributed by atoms with Crippen LogP contribution in [0.25, 0.3) is 10.8 Å². The molecule has 1 aromatic carbocycles. The fourth-order valence-corrected chi connectivity index (χ4v) is 1.90. The Morgan fingerprint density at radius 3 is 2.88 bits per heavy atom. The number of carbonyl (C=O) groups excluding carboxylic acids is 1. The summed E-state index contributed by atoms with van der Waals surface area (Å²) in [6.45, 7) is 0. The fraction of sp³-hybridized carbons (Fsp3) is 0. The van der Waals surface area contributed by atoms with E-state index < -0.39 is 6.09 Å². The number of aromatic nitrogens is 1. The van der Waals surface area contributed by atoms with E-state index in [1.807, 2.05) is 6.07 Å². The third-order valence-corrected chi connectivity index (χ3v) is 2.76. The molecule has 2 aromatic rings. The molecule has 16 heavy (non-hydrogen) atoms. The summed E-state index contributed by atoms with van der Waals surface area (Å²) >= 11 is 9.31. The maximum absolute atomic E-state index is 10.7. The Hall–Kier alpha value is -1.33. The van der Waals surface area contributed by atoms with E-state index in [-0.39, 0.29) is 5.88 Å². The Morgan fingerprint density at radius 1 is 1.44 bits per heavy atom. The molecule has 0 radical (unpaired) electrons. The Balaban J connectivity index is 2.68. The third-order valence-electron chi connectivity index (χ3n) is 1.96. The number of benzene rings is 1. The summed E-state index contributed by atoms with van der Waals surface area (Å²) in [6.07, 6.45) is 0.508. The molecule has 1 aromatic heterocycles. The van der Waals surface area contributed by atoms with Crippen molar-refractivity contribution < 1.29 is 9.53 Å². The average molecular weight is 302 g/mol. The van der Waals surface area contributed by atoms with E-state index in [1.165, 1.54) is 6.20 Å². The van der Waals surface area contributed by atoms with Crippen LogP contribution in [0.15, 0.2) is 28.9 Å². The zero-order chi connectivity index (χ0) is 11.7. The standard InChI is InChI=1S/C10H6BrClN2O2/c11-5-1-2-6-7(3-5)8(12)4-14-9(6)16-10(13)15/h1-4H,(H2,13,15). The van der Waals surface area contributed by atoms with Crippen molar-refractivity contribution in [2.24, 2.45) is 5.73 Å². The molecule has 2 rings (SSSR count). The maximum Gasteiger partial charge on any atom is 0.411 e. The minimum Gasteiger partial charge on any atom is -0.391 e. The summed E-state index contributed by atoms with van der Waals surface area (Å²) in [4.78, 5) is 14.6. The van der Waals surface area contributed by atoms with Crippen molar-refractivity contribution in [2.75, 3.05) is 0 Å². The van der Waals surface area contributed by atoms with Gasteiger partial charge in [-0.25, -0.2) is 9.78 Å². The SMILES string of the molecule is NC(=O)Oc1ncc(Cl)c2cc(Br)ccc12. The van der Waals surface area contributed by atoms with Crippen molar-refractivity contribution in [3.8, 4) is 5.88 Å². The molecule has 6 heteroatoms. The zero-order valence-electron chi connectivity index (χ0n) is 7.91. The van der Waals surface area contributed by atoms with Crippen molar-refractivity contribution in [3.63, 3.8) is 0 Å². The average Bonchev–Trinajstić information content (AvgIpc) is 2.22. The molecule has 2 N–H and O–H groups in total. The van der Waals surface area contributed by atoms with Crippen molar-refractivity contribution in [2.45, 2.75) is 0 Å². The maximum atomic E-state index is 10.7. The van der Waals surface area contributed by atoms with E-state index in [9.17, 15) is 4.79 Å². The Kier molecular flexibility index (Phi) is 2.98. The summed E-state index contributed by atoms with van der Waals surface area (Å²) < 4.78 is 5.65. The molecule has 0 atom stereocenters. The number of hydrogen-bond donors (Lipinski definition) is 1. The van der Waals surface area contributed by atoms with Gasteiger partial charge in [0.2, 0.25) is 5.88 Å². The monoisotopic (exact) mass is 300 g/mol. The number of pyridine rings is 1. The molecule has 0 spiro atoms. The first kappa shape index (κ1) is 11.2. The van der Waals surface area contributed by atoms with Gasteiger partial charge >= 0.3 is 6.09 Å². The molecule has 0 unspecified atom stereocenters. The number of nitrogens with two attached hydrogens (primary N) is 1. The fourth-order valence-electron chi connectivity index (χ4n) is 1.33. The lowest BCUT2D eigenvalue weighted by atomic mass is 10.2.